The lowest BCUT2D eigenvalue weighted by atomic mass is 10.1. The van der Waals surface area contributed by atoms with Gasteiger partial charge in [0.1, 0.15) is 0 Å². The number of aldehydes is 1. The van der Waals surface area contributed by atoms with Crippen LogP contribution >= 0.6 is 0 Å². The van der Waals surface area contributed by atoms with Crippen LogP contribution in [0.1, 0.15) is 15.9 Å². The van der Waals surface area contributed by atoms with Crippen LogP contribution in [0.25, 0.3) is 6.08 Å². The summed E-state index contributed by atoms with van der Waals surface area (Å²) in [5.41, 5.74) is 0.544. The van der Waals surface area contributed by atoms with Crippen molar-refractivity contribution in [3.8, 4) is 0 Å². The average molecular weight is 194 g/mol. The second-order valence-electron chi connectivity index (χ2n) is 2.68. The van der Waals surface area contributed by atoms with Crippen LogP contribution in [0.15, 0.2) is 18.3 Å². The number of carbonyl (C=O) groups is 1. The molecule has 0 aliphatic rings. The topological polar surface area (TPSA) is 42.0 Å². The molecule has 0 aromatic carbocycles. The number of pyridine rings is 1. The Morgan fingerprint density at radius 1 is 1.64 bits per heavy atom. The summed E-state index contributed by atoms with van der Waals surface area (Å²) in [6, 6.07) is 1.60. The van der Waals surface area contributed by atoms with Crippen molar-refractivity contribution in [1.29, 1.82) is 0 Å². The number of hydrogen-bond acceptors (Lipinski definition) is 3. The number of carbonyl (C=O) groups excluding carboxylic acids is 1. The molecule has 1 heterocycles. The van der Waals surface area contributed by atoms with Crippen LogP contribution in [-0.2, 0) is 0 Å². The fourth-order valence-corrected chi connectivity index (χ4v) is 1.03. The van der Waals surface area contributed by atoms with Crippen LogP contribution in [0, 0.1) is 5.95 Å². The number of likely N-dealkylation sites (N-methyl/N-ethyl adjacent to an activating group) is 1. The van der Waals surface area contributed by atoms with Gasteiger partial charge in [0.25, 0.3) is 0 Å². The summed E-state index contributed by atoms with van der Waals surface area (Å²) in [7, 11) is 1.80. The highest BCUT2D eigenvalue weighted by Gasteiger charge is 2.05. The van der Waals surface area contributed by atoms with Gasteiger partial charge in [0.05, 0.1) is 5.56 Å². The predicted octanol–water partition coefficient (Wildman–Crippen LogP) is 1.27. The van der Waals surface area contributed by atoms with Crippen molar-refractivity contribution in [3.63, 3.8) is 0 Å². The lowest BCUT2D eigenvalue weighted by molar-refractivity contribution is 0.111. The van der Waals surface area contributed by atoms with Crippen molar-refractivity contribution in [2.75, 3.05) is 13.6 Å². The number of nitrogens with zero attached hydrogens (tertiary/aromatic N) is 1. The lowest BCUT2D eigenvalue weighted by Crippen LogP contribution is -2.04. The van der Waals surface area contributed by atoms with Gasteiger partial charge >= 0.3 is 0 Å². The first kappa shape index (κ1) is 10.5. The molecule has 1 N–H and O–H groups in total. The van der Waals surface area contributed by atoms with E-state index in [0.717, 1.165) is 0 Å². The SMILES string of the molecule is CNCC=Cc1ccnc(F)c1C=O. The molecule has 0 fully saturated rings. The van der Waals surface area contributed by atoms with Gasteiger partial charge in [-0.05, 0) is 18.7 Å². The first-order valence-corrected chi connectivity index (χ1v) is 4.20. The van der Waals surface area contributed by atoms with Crippen molar-refractivity contribution in [2.24, 2.45) is 0 Å². The molecule has 0 saturated carbocycles. The van der Waals surface area contributed by atoms with E-state index in [9.17, 15) is 9.18 Å². The molecule has 0 amide bonds. The molecule has 74 valence electrons. The van der Waals surface area contributed by atoms with Crippen LogP contribution in [0.3, 0.4) is 0 Å². The Balaban J connectivity index is 2.96. The van der Waals surface area contributed by atoms with Gasteiger partial charge in [-0.25, -0.2) is 4.98 Å². The smallest absolute Gasteiger partial charge is 0.224 e. The molecule has 0 bridgehead atoms. The van der Waals surface area contributed by atoms with Gasteiger partial charge in [0.2, 0.25) is 5.95 Å². The maximum Gasteiger partial charge on any atom is 0.224 e. The Hall–Kier alpha value is -1.55. The van der Waals surface area contributed by atoms with Gasteiger partial charge in [0, 0.05) is 12.7 Å². The summed E-state index contributed by atoms with van der Waals surface area (Å²) < 4.78 is 13.0. The Morgan fingerprint density at radius 2 is 2.43 bits per heavy atom. The molecule has 1 aromatic heterocycles. The summed E-state index contributed by atoms with van der Waals surface area (Å²) in [6.45, 7) is 0.669. The van der Waals surface area contributed by atoms with Crippen LogP contribution in [0.5, 0.6) is 0 Å². The third kappa shape index (κ3) is 2.47. The number of nitrogens with one attached hydrogen (secondary N) is 1. The van der Waals surface area contributed by atoms with Crippen LogP contribution in [0.4, 0.5) is 4.39 Å². The zero-order chi connectivity index (χ0) is 10.4. The van der Waals surface area contributed by atoms with Gasteiger partial charge < -0.3 is 5.32 Å². The third-order valence-corrected chi connectivity index (χ3v) is 1.71. The van der Waals surface area contributed by atoms with Gasteiger partial charge in [0.15, 0.2) is 6.29 Å². The Morgan fingerprint density at radius 3 is 3.07 bits per heavy atom. The molecule has 3 nitrogen and oxygen atoms in total. The summed E-state index contributed by atoms with van der Waals surface area (Å²) >= 11 is 0. The zero-order valence-electron chi connectivity index (χ0n) is 7.83. The molecule has 0 atom stereocenters. The fraction of sp³-hybridized carbons (Fsp3) is 0.200. The summed E-state index contributed by atoms with van der Waals surface area (Å²) in [4.78, 5) is 13.9. The molecule has 0 aliphatic carbocycles. The summed E-state index contributed by atoms with van der Waals surface area (Å²) in [6.07, 6.45) is 5.30. The van der Waals surface area contributed by atoms with Crippen molar-refractivity contribution in [2.45, 2.75) is 0 Å². The first-order chi connectivity index (χ1) is 6.79. The van der Waals surface area contributed by atoms with E-state index in [0.29, 0.717) is 18.4 Å². The predicted molar refractivity (Wildman–Crippen MR) is 52.5 cm³/mol. The maximum absolute atomic E-state index is 13.0. The van der Waals surface area contributed by atoms with Gasteiger partial charge in [-0.15, -0.1) is 0 Å². The standard InChI is InChI=1S/C10H11FN2O/c1-12-5-2-3-8-4-6-13-10(11)9(8)7-14/h2-4,6-7,12H,5H2,1H3. The average Bonchev–Trinajstić information content (AvgIpc) is 2.18. The molecule has 0 radical (unpaired) electrons. The minimum atomic E-state index is -0.730. The minimum Gasteiger partial charge on any atom is -0.316 e. The Bertz CT molecular complexity index is 350. The Kier molecular flexibility index (Phi) is 3.94. The van der Waals surface area contributed by atoms with E-state index in [1.807, 2.05) is 6.08 Å². The van der Waals surface area contributed by atoms with Crippen molar-refractivity contribution < 1.29 is 9.18 Å². The normalized spacial score (nSPS) is 10.7. The van der Waals surface area contributed by atoms with E-state index in [2.05, 4.69) is 10.3 Å². The highest BCUT2D eigenvalue weighted by Crippen LogP contribution is 2.10. The number of aromatic nitrogens is 1. The quantitative estimate of drug-likeness (QED) is 0.579. The monoisotopic (exact) mass is 194 g/mol. The van der Waals surface area contributed by atoms with Crippen molar-refractivity contribution in [1.82, 2.24) is 10.3 Å². The molecular formula is C10H11FN2O. The van der Waals surface area contributed by atoms with E-state index in [1.165, 1.54) is 6.20 Å². The van der Waals surface area contributed by atoms with Crippen molar-refractivity contribution >= 4 is 12.4 Å². The van der Waals surface area contributed by atoms with E-state index in [-0.39, 0.29) is 5.56 Å². The minimum absolute atomic E-state index is 0.000136. The van der Waals surface area contributed by atoms with E-state index < -0.39 is 5.95 Å². The molecule has 0 unspecified atom stereocenters. The van der Waals surface area contributed by atoms with Crippen LogP contribution in [-0.4, -0.2) is 24.9 Å². The number of hydrogen-bond donors (Lipinski definition) is 1. The van der Waals surface area contributed by atoms with E-state index in [4.69, 9.17) is 0 Å². The van der Waals surface area contributed by atoms with E-state index in [1.54, 1.807) is 19.2 Å². The molecule has 0 spiro atoms. The highest BCUT2D eigenvalue weighted by atomic mass is 19.1. The second-order valence-corrected chi connectivity index (χ2v) is 2.68. The molecule has 1 rings (SSSR count). The Labute approximate surface area is 81.7 Å². The molecule has 0 saturated heterocycles. The summed E-state index contributed by atoms with van der Waals surface area (Å²) in [5, 5.41) is 2.91. The first-order valence-electron chi connectivity index (χ1n) is 4.20. The van der Waals surface area contributed by atoms with Gasteiger partial charge in [-0.2, -0.15) is 4.39 Å². The third-order valence-electron chi connectivity index (χ3n) is 1.71. The largest absolute Gasteiger partial charge is 0.316 e. The fourth-order valence-electron chi connectivity index (χ4n) is 1.03. The lowest BCUT2D eigenvalue weighted by Gasteiger charge is -1.98. The zero-order valence-corrected chi connectivity index (χ0v) is 7.83. The number of rotatable bonds is 4. The maximum atomic E-state index is 13.0. The van der Waals surface area contributed by atoms with Crippen LogP contribution < -0.4 is 5.32 Å². The van der Waals surface area contributed by atoms with Crippen LogP contribution in [0.2, 0.25) is 0 Å². The van der Waals surface area contributed by atoms with Gasteiger partial charge in [-0.1, -0.05) is 12.2 Å². The molecule has 0 aliphatic heterocycles. The summed E-state index contributed by atoms with van der Waals surface area (Å²) in [5.74, 6) is -0.730. The number of halogens is 1. The molecule has 1 aromatic rings. The highest BCUT2D eigenvalue weighted by molar-refractivity contribution is 5.81. The van der Waals surface area contributed by atoms with Gasteiger partial charge in [-0.3, -0.25) is 4.79 Å². The molecule has 14 heavy (non-hydrogen) atoms. The van der Waals surface area contributed by atoms with Crippen molar-refractivity contribution in [3.05, 3.63) is 35.4 Å². The molecular weight excluding hydrogens is 183 g/mol. The molecule has 4 heteroatoms. The second kappa shape index (κ2) is 5.24. The van der Waals surface area contributed by atoms with E-state index >= 15 is 0 Å².